The summed E-state index contributed by atoms with van der Waals surface area (Å²) in [7, 11) is 0. The zero-order valence-electron chi connectivity index (χ0n) is 10.7. The van der Waals surface area contributed by atoms with Crippen molar-refractivity contribution in [2.75, 3.05) is 0 Å². The highest BCUT2D eigenvalue weighted by molar-refractivity contribution is 9.10. The summed E-state index contributed by atoms with van der Waals surface area (Å²) in [6, 6.07) is 10.1. The van der Waals surface area contributed by atoms with Gasteiger partial charge in [0, 0.05) is 15.6 Å². The zero-order valence-corrected chi connectivity index (χ0v) is 13.1. The highest BCUT2D eigenvalue weighted by Crippen LogP contribution is 2.29. The Morgan fingerprint density at radius 1 is 1.35 bits per heavy atom. The zero-order chi connectivity index (χ0) is 14.7. The third-order valence-corrected chi connectivity index (χ3v) is 3.62. The van der Waals surface area contributed by atoms with E-state index in [1.54, 1.807) is 37.3 Å². The minimum absolute atomic E-state index is 0.0494. The minimum Gasteiger partial charge on any atom is -0.488 e. The molecular weight excluding hydrogens is 347 g/mol. The number of aliphatic hydroxyl groups excluding tert-OH is 1. The third-order valence-electron chi connectivity index (χ3n) is 2.84. The second kappa shape index (κ2) is 6.57. The second-order valence-corrected chi connectivity index (χ2v) is 5.68. The predicted molar refractivity (Wildman–Crippen MR) is 80.5 cm³/mol. The van der Waals surface area contributed by atoms with Crippen LogP contribution in [0.4, 0.5) is 4.39 Å². The number of aliphatic hydroxyl groups is 1. The molecule has 1 atom stereocenters. The van der Waals surface area contributed by atoms with Crippen LogP contribution < -0.4 is 4.74 Å². The van der Waals surface area contributed by atoms with E-state index in [0.29, 0.717) is 16.9 Å². The molecule has 0 aliphatic heterocycles. The van der Waals surface area contributed by atoms with Crippen LogP contribution in [0.1, 0.15) is 24.2 Å². The first-order valence-electron chi connectivity index (χ1n) is 6.02. The van der Waals surface area contributed by atoms with Crippen LogP contribution in [0.5, 0.6) is 5.75 Å². The molecule has 0 aromatic heterocycles. The van der Waals surface area contributed by atoms with Crippen molar-refractivity contribution in [3.63, 3.8) is 0 Å². The lowest BCUT2D eigenvalue weighted by atomic mass is 10.1. The Bertz CT molecular complexity index is 617. The molecule has 2 nitrogen and oxygen atoms in total. The van der Waals surface area contributed by atoms with Crippen LogP contribution in [0.25, 0.3) is 0 Å². The first-order chi connectivity index (χ1) is 9.49. The molecule has 0 aliphatic carbocycles. The number of hydrogen-bond donors (Lipinski definition) is 1. The first-order valence-corrected chi connectivity index (χ1v) is 7.19. The smallest absolute Gasteiger partial charge is 0.148 e. The summed E-state index contributed by atoms with van der Waals surface area (Å²) in [4.78, 5) is 0. The molecule has 2 aromatic carbocycles. The molecule has 1 N–H and O–H groups in total. The van der Waals surface area contributed by atoms with Gasteiger partial charge in [0.15, 0.2) is 0 Å². The lowest BCUT2D eigenvalue weighted by Crippen LogP contribution is -2.03. The van der Waals surface area contributed by atoms with E-state index in [2.05, 4.69) is 15.9 Å². The van der Waals surface area contributed by atoms with Crippen LogP contribution in [0.15, 0.2) is 40.9 Å². The molecule has 0 aliphatic rings. The quantitative estimate of drug-likeness (QED) is 0.843. The first kappa shape index (κ1) is 15.3. The summed E-state index contributed by atoms with van der Waals surface area (Å²) in [5.74, 6) is 0.0347. The maximum atomic E-state index is 13.8. The largest absolute Gasteiger partial charge is 0.488 e. The van der Waals surface area contributed by atoms with Crippen molar-refractivity contribution in [1.29, 1.82) is 0 Å². The summed E-state index contributed by atoms with van der Waals surface area (Å²) in [5, 5.41) is 9.80. The highest BCUT2D eigenvalue weighted by atomic mass is 79.9. The van der Waals surface area contributed by atoms with Crippen molar-refractivity contribution in [3.05, 3.63) is 62.8 Å². The molecule has 2 aromatic rings. The van der Waals surface area contributed by atoms with E-state index in [1.165, 1.54) is 6.07 Å². The van der Waals surface area contributed by atoms with Crippen LogP contribution in [0.3, 0.4) is 0 Å². The number of rotatable bonds is 4. The molecule has 0 bridgehead atoms. The molecule has 20 heavy (non-hydrogen) atoms. The minimum atomic E-state index is -0.674. The number of hydrogen-bond acceptors (Lipinski definition) is 2. The monoisotopic (exact) mass is 358 g/mol. The van der Waals surface area contributed by atoms with Gasteiger partial charge in [0.05, 0.1) is 11.1 Å². The number of ether oxygens (including phenoxy) is 1. The van der Waals surface area contributed by atoms with Gasteiger partial charge in [0.25, 0.3) is 0 Å². The van der Waals surface area contributed by atoms with Crippen molar-refractivity contribution >= 4 is 27.5 Å². The van der Waals surface area contributed by atoms with E-state index in [-0.39, 0.29) is 11.6 Å². The van der Waals surface area contributed by atoms with Crippen molar-refractivity contribution in [2.24, 2.45) is 0 Å². The normalized spacial score (nSPS) is 12.2. The number of benzene rings is 2. The molecular formula is C15H13BrClFO2. The Kier molecular flexibility index (Phi) is 5.02. The van der Waals surface area contributed by atoms with Crippen LogP contribution >= 0.6 is 27.5 Å². The molecule has 0 unspecified atom stereocenters. The van der Waals surface area contributed by atoms with Crippen molar-refractivity contribution < 1.29 is 14.2 Å². The lowest BCUT2D eigenvalue weighted by Gasteiger charge is -2.14. The summed E-state index contributed by atoms with van der Waals surface area (Å²) in [6.45, 7) is 1.70. The molecule has 0 fully saturated rings. The van der Waals surface area contributed by atoms with Gasteiger partial charge in [-0.2, -0.15) is 0 Å². The SMILES string of the molecule is C[C@@H](O)c1cc(Br)ccc1OCc1cccc(Cl)c1F. The van der Waals surface area contributed by atoms with E-state index in [4.69, 9.17) is 16.3 Å². The average Bonchev–Trinajstić information content (AvgIpc) is 2.41. The molecule has 5 heteroatoms. The Morgan fingerprint density at radius 3 is 2.80 bits per heavy atom. The van der Waals surface area contributed by atoms with Crippen molar-refractivity contribution in [2.45, 2.75) is 19.6 Å². The van der Waals surface area contributed by atoms with Gasteiger partial charge in [0.1, 0.15) is 18.2 Å². The van der Waals surface area contributed by atoms with Gasteiger partial charge < -0.3 is 9.84 Å². The Hall–Kier alpha value is -1.10. The van der Waals surface area contributed by atoms with Gasteiger partial charge in [-0.15, -0.1) is 0 Å². The Morgan fingerprint density at radius 2 is 2.10 bits per heavy atom. The van der Waals surface area contributed by atoms with Crippen LogP contribution in [0.2, 0.25) is 5.02 Å². The fraction of sp³-hybridized carbons (Fsp3) is 0.200. The standard InChI is InChI=1S/C15H13BrClFO2/c1-9(19)12-7-11(16)5-6-14(12)20-8-10-3-2-4-13(17)15(10)18/h2-7,9,19H,8H2,1H3/t9-/m1/s1. The van der Waals surface area contributed by atoms with E-state index in [9.17, 15) is 9.50 Å². The van der Waals surface area contributed by atoms with Crippen molar-refractivity contribution in [1.82, 2.24) is 0 Å². The van der Waals surface area contributed by atoms with Gasteiger partial charge in [-0.1, -0.05) is 39.7 Å². The van der Waals surface area contributed by atoms with E-state index >= 15 is 0 Å². The highest BCUT2D eigenvalue weighted by Gasteiger charge is 2.12. The maximum Gasteiger partial charge on any atom is 0.148 e. The molecule has 0 radical (unpaired) electrons. The summed E-state index contributed by atoms with van der Waals surface area (Å²) >= 11 is 9.06. The molecule has 0 amide bonds. The Balaban J connectivity index is 2.21. The van der Waals surface area contributed by atoms with Gasteiger partial charge in [0.2, 0.25) is 0 Å². The van der Waals surface area contributed by atoms with Gasteiger partial charge in [-0.05, 0) is 31.2 Å². The predicted octanol–water partition coefficient (Wildman–Crippen LogP) is 4.87. The summed E-state index contributed by atoms with van der Waals surface area (Å²) < 4.78 is 20.2. The van der Waals surface area contributed by atoms with Crippen molar-refractivity contribution in [3.8, 4) is 5.75 Å². The number of halogens is 3. The summed E-state index contributed by atoms with van der Waals surface area (Å²) in [5.41, 5.74) is 1.01. The van der Waals surface area contributed by atoms with E-state index < -0.39 is 11.9 Å². The van der Waals surface area contributed by atoms with Gasteiger partial charge in [-0.3, -0.25) is 0 Å². The lowest BCUT2D eigenvalue weighted by molar-refractivity contribution is 0.189. The Labute approximate surface area is 130 Å². The van der Waals surface area contributed by atoms with E-state index in [1.807, 2.05) is 0 Å². The molecule has 0 heterocycles. The fourth-order valence-electron chi connectivity index (χ4n) is 1.79. The average molecular weight is 360 g/mol. The third kappa shape index (κ3) is 3.51. The van der Waals surface area contributed by atoms with Crippen LogP contribution in [0, 0.1) is 5.82 Å². The fourth-order valence-corrected chi connectivity index (χ4v) is 2.37. The molecule has 2 rings (SSSR count). The topological polar surface area (TPSA) is 29.5 Å². The van der Waals surface area contributed by atoms with Gasteiger partial charge >= 0.3 is 0 Å². The van der Waals surface area contributed by atoms with Crippen LogP contribution in [-0.2, 0) is 6.61 Å². The molecule has 0 saturated heterocycles. The second-order valence-electron chi connectivity index (χ2n) is 4.36. The molecule has 0 spiro atoms. The molecule has 0 saturated carbocycles. The molecule has 106 valence electrons. The van der Waals surface area contributed by atoms with Gasteiger partial charge in [-0.25, -0.2) is 4.39 Å². The van der Waals surface area contributed by atoms with Crippen LogP contribution in [-0.4, -0.2) is 5.11 Å². The summed E-state index contributed by atoms with van der Waals surface area (Å²) in [6.07, 6.45) is -0.674. The van der Waals surface area contributed by atoms with E-state index in [0.717, 1.165) is 4.47 Å². The maximum absolute atomic E-state index is 13.8.